The molecule has 1 saturated carbocycles. The van der Waals surface area contributed by atoms with Crippen LogP contribution >= 0.6 is 0 Å². The lowest BCUT2D eigenvalue weighted by Gasteiger charge is -2.48. The Kier molecular flexibility index (Phi) is 12.4. The van der Waals surface area contributed by atoms with Gasteiger partial charge in [0.15, 0.2) is 12.1 Å². The highest BCUT2D eigenvalue weighted by Gasteiger charge is 2.52. The molecular formula is C38H66N4O8. The minimum Gasteiger partial charge on any atom is -0.463 e. The second-order valence-corrected chi connectivity index (χ2v) is 17.5. The molecule has 0 aromatic carbocycles. The molecule has 0 aromatic heterocycles. The fourth-order valence-electron chi connectivity index (χ4n) is 9.12. The second-order valence-electron chi connectivity index (χ2n) is 17.5. The highest BCUT2D eigenvalue weighted by Crippen LogP contribution is 2.39. The van der Waals surface area contributed by atoms with E-state index in [1.165, 1.54) is 12.8 Å². The molecule has 5 rings (SSSR count). The van der Waals surface area contributed by atoms with E-state index in [9.17, 15) is 19.5 Å². The van der Waals surface area contributed by atoms with Gasteiger partial charge in [0.2, 0.25) is 5.91 Å². The number of methoxy groups -OCH3 is 1. The maximum Gasteiger partial charge on any atom is 0.319 e. The van der Waals surface area contributed by atoms with Crippen molar-refractivity contribution in [3.63, 3.8) is 0 Å². The molecule has 1 aliphatic carbocycles. The smallest absolute Gasteiger partial charge is 0.319 e. The normalized spacial score (nSPS) is 40.2. The van der Waals surface area contributed by atoms with Gasteiger partial charge in [-0.1, -0.05) is 13.8 Å². The number of hydrogen-bond acceptors (Lipinski definition) is 11. The molecule has 0 aromatic rings. The van der Waals surface area contributed by atoms with Crippen LogP contribution in [0.4, 0.5) is 0 Å². The van der Waals surface area contributed by atoms with E-state index in [2.05, 4.69) is 23.8 Å². The first-order chi connectivity index (χ1) is 23.4. The fraction of sp³-hybridized carbons (Fsp3) is 0.921. The molecule has 0 radical (unpaired) electrons. The van der Waals surface area contributed by atoms with Gasteiger partial charge in [-0.25, -0.2) is 0 Å². The van der Waals surface area contributed by atoms with Crippen LogP contribution in [0.15, 0.2) is 0 Å². The topological polar surface area (TPSA) is 121 Å². The lowest BCUT2D eigenvalue weighted by molar-refractivity contribution is -0.295. The summed E-state index contributed by atoms with van der Waals surface area (Å²) in [6, 6.07) is -0.298. The van der Waals surface area contributed by atoms with E-state index in [4.69, 9.17) is 18.9 Å². The highest BCUT2D eigenvalue weighted by molar-refractivity contribution is 6.04. The zero-order valence-electron chi connectivity index (χ0n) is 32.4. The number of cyclic esters (lactones) is 1. The van der Waals surface area contributed by atoms with E-state index in [0.29, 0.717) is 32.5 Å². The van der Waals surface area contributed by atoms with Gasteiger partial charge < -0.3 is 38.8 Å². The van der Waals surface area contributed by atoms with E-state index < -0.39 is 41.4 Å². The first-order valence-corrected chi connectivity index (χ1v) is 19.1. The Morgan fingerprint density at radius 1 is 1.04 bits per heavy atom. The third-order valence-corrected chi connectivity index (χ3v) is 12.5. The van der Waals surface area contributed by atoms with Crippen molar-refractivity contribution in [2.45, 2.75) is 116 Å². The number of ether oxygens (including phenoxy) is 4. The molecule has 12 nitrogen and oxygen atoms in total. The number of aliphatic hydroxyl groups is 1. The average Bonchev–Trinajstić information content (AvgIpc) is 3.73. The van der Waals surface area contributed by atoms with E-state index in [0.717, 1.165) is 32.0 Å². The quantitative estimate of drug-likeness (QED) is 0.296. The van der Waals surface area contributed by atoms with Crippen LogP contribution < -0.4 is 0 Å². The molecule has 1 amide bonds. The predicted molar refractivity (Wildman–Crippen MR) is 189 cm³/mol. The number of aliphatic hydroxyl groups excluding tert-OH is 1. The summed E-state index contributed by atoms with van der Waals surface area (Å²) >= 11 is 0. The Labute approximate surface area is 300 Å². The van der Waals surface area contributed by atoms with Gasteiger partial charge in [-0.3, -0.25) is 19.3 Å². The fourth-order valence-corrected chi connectivity index (χ4v) is 9.12. The first kappa shape index (κ1) is 39.5. The number of esters is 1. The maximum absolute atomic E-state index is 14.3. The van der Waals surface area contributed by atoms with Crippen molar-refractivity contribution in [2.24, 2.45) is 35.0 Å². The summed E-state index contributed by atoms with van der Waals surface area (Å²) in [7, 11) is 7.52. The number of ketones is 1. The third-order valence-electron chi connectivity index (χ3n) is 12.5. The lowest BCUT2D eigenvalue weighted by Crippen LogP contribution is -2.60. The molecule has 0 bridgehead atoms. The van der Waals surface area contributed by atoms with E-state index in [1.807, 2.05) is 37.7 Å². The summed E-state index contributed by atoms with van der Waals surface area (Å²) in [5, 5.41) is 11.4. The number of likely N-dealkylation sites (N-methyl/N-ethyl adjacent to an activating group) is 2. The van der Waals surface area contributed by atoms with Gasteiger partial charge in [-0.2, -0.15) is 0 Å². The molecule has 5 fully saturated rings. The molecule has 286 valence electrons. The van der Waals surface area contributed by atoms with Crippen molar-refractivity contribution >= 4 is 17.7 Å². The van der Waals surface area contributed by atoms with Crippen LogP contribution in [0.3, 0.4) is 0 Å². The van der Waals surface area contributed by atoms with Crippen LogP contribution in [0, 0.1) is 35.0 Å². The van der Waals surface area contributed by atoms with Crippen molar-refractivity contribution in [2.75, 3.05) is 74.1 Å². The van der Waals surface area contributed by atoms with Gasteiger partial charge in [0.05, 0.1) is 23.7 Å². The first-order valence-electron chi connectivity index (χ1n) is 19.1. The summed E-state index contributed by atoms with van der Waals surface area (Å²) in [6.07, 6.45) is 1.85. The molecule has 10 atom stereocenters. The van der Waals surface area contributed by atoms with Gasteiger partial charge in [0, 0.05) is 63.8 Å². The van der Waals surface area contributed by atoms with Crippen molar-refractivity contribution in [3.8, 4) is 0 Å². The zero-order valence-corrected chi connectivity index (χ0v) is 32.4. The Morgan fingerprint density at radius 3 is 2.34 bits per heavy atom. The number of Topliss-reactive ketones (excluding diaryl/α,β-unsaturated/α-hetero) is 1. The zero-order chi connectivity index (χ0) is 36.7. The van der Waals surface area contributed by atoms with Gasteiger partial charge in [-0.05, 0) is 99.3 Å². The third kappa shape index (κ3) is 8.58. The van der Waals surface area contributed by atoms with Crippen LogP contribution in [0.2, 0.25) is 0 Å². The van der Waals surface area contributed by atoms with Gasteiger partial charge >= 0.3 is 5.97 Å². The summed E-state index contributed by atoms with van der Waals surface area (Å²) in [5.74, 6) is -0.287. The number of hydrogen-bond donors (Lipinski definition) is 1. The van der Waals surface area contributed by atoms with Crippen molar-refractivity contribution in [3.05, 3.63) is 0 Å². The van der Waals surface area contributed by atoms with Crippen LogP contribution in [-0.2, 0) is 33.3 Å². The maximum atomic E-state index is 14.3. The van der Waals surface area contributed by atoms with Crippen LogP contribution in [0.25, 0.3) is 0 Å². The number of carbonyl (C=O) groups is 3. The summed E-state index contributed by atoms with van der Waals surface area (Å²) in [6.45, 7) is 16.2. The van der Waals surface area contributed by atoms with Crippen LogP contribution in [0.5, 0.6) is 0 Å². The van der Waals surface area contributed by atoms with Gasteiger partial charge in [-0.15, -0.1) is 0 Å². The molecule has 4 heterocycles. The van der Waals surface area contributed by atoms with Crippen LogP contribution in [0.1, 0.15) is 73.6 Å². The average molecular weight is 707 g/mol. The minimum atomic E-state index is -1.46. The molecule has 5 aliphatic rings. The number of nitrogens with zero attached hydrogens (tertiary/aromatic N) is 4. The molecule has 1 N–H and O–H groups in total. The largest absolute Gasteiger partial charge is 0.463 e. The van der Waals surface area contributed by atoms with E-state index in [1.54, 1.807) is 27.9 Å². The summed E-state index contributed by atoms with van der Waals surface area (Å²) in [5.41, 5.74) is -2.41. The molecule has 4 aliphatic heterocycles. The molecule has 0 unspecified atom stereocenters. The second kappa shape index (κ2) is 15.7. The monoisotopic (exact) mass is 706 g/mol. The Balaban J connectivity index is 1.32. The Morgan fingerprint density at radius 2 is 1.72 bits per heavy atom. The summed E-state index contributed by atoms with van der Waals surface area (Å²) in [4.78, 5) is 50.2. The Bertz CT molecular complexity index is 1210. The number of amides is 1. The number of likely N-dealkylation sites (tertiary alicyclic amines) is 2. The molecular weight excluding hydrogens is 640 g/mol. The SMILES string of the molecule is CO[C@]1(C)C[C@@H](C)CN(C)[C@H](C2CN(C(=O)[C@H]3CCN(CC4CC4)C3)C2)COC(=O)C(C)(C)C(=O)[C@H](C)[C@H]1O[C@@H]1O[C@H](C)C[C@H](N(C)C)[C@H]1O. The van der Waals surface area contributed by atoms with E-state index in [-0.39, 0.29) is 54.2 Å². The minimum absolute atomic E-state index is 0.0677. The van der Waals surface area contributed by atoms with Crippen LogP contribution in [-0.4, -0.2) is 159 Å². The standard InChI is InChI=1S/C38H66N4O8/c1-23-16-38(6,47-10)33(50-35-31(43)29(39(7)8)15-24(2)49-35)25(3)32(44)37(4,5)36(46)48-22-30(40(9)17-23)28-20-42(21-28)34(45)27-13-14-41(19-27)18-26-11-12-26/h23-31,33,35,43H,11-22H2,1-10H3/t23-,24-,25+,27+,29+,30+,31-,33-,35+,38-/m1/s1. The van der Waals surface area contributed by atoms with Gasteiger partial charge in [0.25, 0.3) is 0 Å². The molecule has 12 heteroatoms. The molecule has 50 heavy (non-hydrogen) atoms. The highest BCUT2D eigenvalue weighted by atomic mass is 16.7. The van der Waals surface area contributed by atoms with Crippen molar-refractivity contribution in [1.82, 2.24) is 19.6 Å². The Hall–Kier alpha value is -1.67. The molecule has 4 saturated heterocycles. The van der Waals surface area contributed by atoms with Gasteiger partial charge in [0.1, 0.15) is 18.1 Å². The van der Waals surface area contributed by atoms with E-state index >= 15 is 0 Å². The number of rotatable bonds is 8. The van der Waals surface area contributed by atoms with Crippen molar-refractivity contribution < 1.29 is 38.4 Å². The molecule has 0 spiro atoms. The lowest BCUT2D eigenvalue weighted by atomic mass is 9.74. The summed E-state index contributed by atoms with van der Waals surface area (Å²) < 4.78 is 25.1. The predicted octanol–water partition coefficient (Wildman–Crippen LogP) is 2.51. The van der Waals surface area contributed by atoms with Crippen molar-refractivity contribution in [1.29, 1.82) is 0 Å². The number of carbonyl (C=O) groups excluding carboxylic acids is 3.